The SMILES string of the molecule is c1ccc(-c2ccc(-c3ccc(N(c4ccc(-c5cccc6c5oc5c7ccccc7n(-c7ccccc7)c65)cc4)c4cccc(-c5ccccc5)c4)cc3)cc2)cc1. The van der Waals surface area contributed by atoms with E-state index in [4.69, 9.17) is 4.42 Å². The van der Waals surface area contributed by atoms with Crippen LogP contribution in [-0.4, -0.2) is 4.57 Å². The minimum absolute atomic E-state index is 0.889. The van der Waals surface area contributed by atoms with Crippen LogP contribution in [0.2, 0.25) is 0 Å². The van der Waals surface area contributed by atoms with Gasteiger partial charge in [0.15, 0.2) is 5.58 Å². The van der Waals surface area contributed by atoms with E-state index >= 15 is 0 Å². The highest BCUT2D eigenvalue weighted by Gasteiger charge is 2.21. The van der Waals surface area contributed by atoms with Crippen LogP contribution in [0.1, 0.15) is 0 Å². The van der Waals surface area contributed by atoms with Crippen molar-refractivity contribution in [2.75, 3.05) is 4.90 Å². The molecule has 0 amide bonds. The number of aromatic nitrogens is 1. The van der Waals surface area contributed by atoms with Crippen molar-refractivity contribution in [1.29, 1.82) is 0 Å². The zero-order valence-electron chi connectivity index (χ0n) is 32.2. The lowest BCUT2D eigenvalue weighted by atomic mass is 9.99. The van der Waals surface area contributed by atoms with Crippen LogP contribution in [0.25, 0.3) is 83.2 Å². The average molecular weight is 755 g/mol. The largest absolute Gasteiger partial charge is 0.453 e. The third kappa shape index (κ3) is 6.17. The van der Waals surface area contributed by atoms with Gasteiger partial charge in [-0.2, -0.15) is 0 Å². The van der Waals surface area contributed by atoms with Gasteiger partial charge in [-0.15, -0.1) is 0 Å². The Balaban J connectivity index is 0.990. The summed E-state index contributed by atoms with van der Waals surface area (Å²) in [6.07, 6.45) is 0. The lowest BCUT2D eigenvalue weighted by molar-refractivity contribution is 0.674. The summed E-state index contributed by atoms with van der Waals surface area (Å²) in [7, 11) is 0. The van der Waals surface area contributed by atoms with Crippen molar-refractivity contribution in [2.45, 2.75) is 0 Å². The molecule has 9 aromatic carbocycles. The highest BCUT2D eigenvalue weighted by molar-refractivity contribution is 6.18. The topological polar surface area (TPSA) is 21.3 Å². The molecule has 2 heterocycles. The lowest BCUT2D eigenvalue weighted by Crippen LogP contribution is -2.10. The maximum absolute atomic E-state index is 6.87. The zero-order valence-corrected chi connectivity index (χ0v) is 32.2. The van der Waals surface area contributed by atoms with Crippen molar-refractivity contribution in [2.24, 2.45) is 0 Å². The van der Waals surface area contributed by atoms with Crippen LogP contribution in [0, 0.1) is 0 Å². The van der Waals surface area contributed by atoms with Crippen LogP contribution in [0.5, 0.6) is 0 Å². The molecule has 0 N–H and O–H groups in total. The number of para-hydroxylation sites is 3. The highest BCUT2D eigenvalue weighted by Crippen LogP contribution is 2.43. The van der Waals surface area contributed by atoms with Crippen LogP contribution in [0.3, 0.4) is 0 Å². The molecular formula is C56H38N2O. The number of hydrogen-bond acceptors (Lipinski definition) is 2. The quantitative estimate of drug-likeness (QED) is 0.154. The van der Waals surface area contributed by atoms with Gasteiger partial charge in [0, 0.05) is 39.1 Å². The fourth-order valence-electron chi connectivity index (χ4n) is 8.55. The maximum Gasteiger partial charge on any atom is 0.161 e. The summed E-state index contributed by atoms with van der Waals surface area (Å²) < 4.78 is 9.20. The molecule has 0 radical (unpaired) electrons. The molecule has 11 rings (SSSR count). The fraction of sp³-hybridized carbons (Fsp3) is 0. The molecule has 11 aromatic rings. The van der Waals surface area contributed by atoms with Crippen molar-refractivity contribution in [3.8, 4) is 50.2 Å². The van der Waals surface area contributed by atoms with Crippen molar-refractivity contribution < 1.29 is 4.42 Å². The van der Waals surface area contributed by atoms with Crippen molar-refractivity contribution in [3.05, 3.63) is 231 Å². The van der Waals surface area contributed by atoms with Crippen molar-refractivity contribution >= 4 is 50.0 Å². The summed E-state index contributed by atoms with van der Waals surface area (Å²) in [6.45, 7) is 0. The van der Waals surface area contributed by atoms with Gasteiger partial charge in [-0.25, -0.2) is 0 Å². The van der Waals surface area contributed by atoms with Gasteiger partial charge in [0.05, 0.1) is 5.52 Å². The molecule has 278 valence electrons. The van der Waals surface area contributed by atoms with Gasteiger partial charge >= 0.3 is 0 Å². The second-order valence-electron chi connectivity index (χ2n) is 14.9. The number of fused-ring (bicyclic) bond motifs is 5. The molecule has 0 aliphatic rings. The molecule has 0 unspecified atom stereocenters. The maximum atomic E-state index is 6.87. The van der Waals surface area contributed by atoms with Gasteiger partial charge in [-0.3, -0.25) is 0 Å². The van der Waals surface area contributed by atoms with E-state index in [2.05, 4.69) is 240 Å². The predicted octanol–water partition coefficient (Wildman–Crippen LogP) is 15.7. The number of anilines is 3. The lowest BCUT2D eigenvalue weighted by Gasteiger charge is -2.26. The number of benzene rings is 9. The predicted molar refractivity (Wildman–Crippen MR) is 247 cm³/mol. The smallest absolute Gasteiger partial charge is 0.161 e. The molecule has 3 heteroatoms. The summed E-state index contributed by atoms with van der Waals surface area (Å²) in [5, 5.41) is 2.20. The van der Waals surface area contributed by atoms with E-state index in [9.17, 15) is 0 Å². The minimum Gasteiger partial charge on any atom is -0.453 e. The molecule has 0 bridgehead atoms. The second-order valence-corrected chi connectivity index (χ2v) is 14.9. The van der Waals surface area contributed by atoms with E-state index in [0.29, 0.717) is 0 Å². The molecule has 59 heavy (non-hydrogen) atoms. The van der Waals surface area contributed by atoms with Crippen LogP contribution < -0.4 is 4.90 Å². The average Bonchev–Trinajstić information content (AvgIpc) is 3.86. The third-order valence-electron chi connectivity index (χ3n) is 11.4. The van der Waals surface area contributed by atoms with Crippen molar-refractivity contribution in [3.63, 3.8) is 0 Å². The van der Waals surface area contributed by atoms with Crippen LogP contribution >= 0.6 is 0 Å². The molecule has 0 atom stereocenters. The van der Waals surface area contributed by atoms with E-state index in [-0.39, 0.29) is 0 Å². The number of rotatable bonds is 8. The van der Waals surface area contributed by atoms with Gasteiger partial charge in [-0.1, -0.05) is 164 Å². The Labute approximate surface area is 343 Å². The van der Waals surface area contributed by atoms with E-state index in [1.54, 1.807) is 0 Å². The van der Waals surface area contributed by atoms with Crippen LogP contribution in [-0.2, 0) is 0 Å². The van der Waals surface area contributed by atoms with Gasteiger partial charge in [0.1, 0.15) is 11.1 Å². The molecule has 2 aromatic heterocycles. The first-order valence-corrected chi connectivity index (χ1v) is 20.1. The van der Waals surface area contributed by atoms with Gasteiger partial charge in [0.2, 0.25) is 0 Å². The van der Waals surface area contributed by atoms with E-state index in [0.717, 1.165) is 66.8 Å². The van der Waals surface area contributed by atoms with Gasteiger partial charge < -0.3 is 13.9 Å². The monoisotopic (exact) mass is 754 g/mol. The minimum atomic E-state index is 0.889. The summed E-state index contributed by atoms with van der Waals surface area (Å²) >= 11 is 0. The highest BCUT2D eigenvalue weighted by atomic mass is 16.3. The number of furan rings is 1. The molecule has 0 aliphatic heterocycles. The van der Waals surface area contributed by atoms with Crippen LogP contribution in [0.15, 0.2) is 235 Å². The molecule has 0 saturated heterocycles. The van der Waals surface area contributed by atoms with Gasteiger partial charge in [0.25, 0.3) is 0 Å². The van der Waals surface area contributed by atoms with E-state index < -0.39 is 0 Å². The summed E-state index contributed by atoms with van der Waals surface area (Å²) in [5.41, 5.74) is 17.7. The molecule has 3 nitrogen and oxygen atoms in total. The zero-order chi connectivity index (χ0) is 39.1. The second kappa shape index (κ2) is 14.6. The Morgan fingerprint density at radius 3 is 1.44 bits per heavy atom. The fourth-order valence-corrected chi connectivity index (χ4v) is 8.55. The first-order valence-electron chi connectivity index (χ1n) is 20.1. The summed E-state index contributed by atoms with van der Waals surface area (Å²) in [6, 6.07) is 82.1. The van der Waals surface area contributed by atoms with Gasteiger partial charge in [-0.05, 0) is 106 Å². The Kier molecular flexibility index (Phi) is 8.49. The molecule has 0 aliphatic carbocycles. The van der Waals surface area contributed by atoms with Crippen molar-refractivity contribution in [1.82, 2.24) is 4.57 Å². The first-order chi connectivity index (χ1) is 29.3. The Bertz CT molecular complexity index is 3220. The summed E-state index contributed by atoms with van der Waals surface area (Å²) in [5.74, 6) is 0. The molecular weight excluding hydrogens is 717 g/mol. The standard InChI is InChI=1S/C56H38N2O/c1-4-14-39(15-5-1)41-26-28-42(29-27-41)43-30-34-47(35-31-43)57(49-21-12-18-45(38-49)40-16-6-2-7-17-40)48-36-32-44(33-37-48)50-23-13-24-52-54-56(59-55(50)52)51-22-10-11-25-53(51)58(54)46-19-8-3-9-20-46/h1-38H. The number of hydrogen-bond donors (Lipinski definition) is 0. The Hall–Kier alpha value is -7.88. The normalized spacial score (nSPS) is 11.4. The molecule has 0 spiro atoms. The Morgan fingerprint density at radius 1 is 0.322 bits per heavy atom. The molecule has 0 saturated carbocycles. The number of nitrogens with zero attached hydrogens (tertiary/aromatic N) is 2. The third-order valence-corrected chi connectivity index (χ3v) is 11.4. The summed E-state index contributed by atoms with van der Waals surface area (Å²) in [4.78, 5) is 2.34. The van der Waals surface area contributed by atoms with E-state index in [1.807, 2.05) is 0 Å². The van der Waals surface area contributed by atoms with E-state index in [1.165, 1.54) is 33.4 Å². The van der Waals surface area contributed by atoms with Crippen LogP contribution in [0.4, 0.5) is 17.1 Å². The first kappa shape index (κ1) is 34.4. The molecule has 0 fully saturated rings. The Morgan fingerprint density at radius 2 is 0.797 bits per heavy atom.